The molecule has 0 aliphatic carbocycles. The van der Waals surface area contributed by atoms with Gasteiger partial charge >= 0.3 is 11.6 Å². The summed E-state index contributed by atoms with van der Waals surface area (Å²) in [5.74, 6) is 0.341. The topological polar surface area (TPSA) is 130 Å². The number of halogens is 2. The lowest BCUT2D eigenvalue weighted by Crippen LogP contribution is -2.20. The number of ketones is 1. The molecule has 13 heteroatoms. The molecule has 626 valence electrons. The second kappa shape index (κ2) is 43.7. The van der Waals surface area contributed by atoms with Crippen LogP contribution in [0, 0.1) is 34.6 Å². The predicted octanol–water partition coefficient (Wildman–Crippen LogP) is 28.0. The number of benzene rings is 10. The Morgan fingerprint density at radius 1 is 0.431 bits per heavy atom. The van der Waals surface area contributed by atoms with Crippen molar-refractivity contribution in [1.82, 2.24) is 5.32 Å². The van der Waals surface area contributed by atoms with Crippen LogP contribution in [0.5, 0.6) is 11.5 Å². The number of amides is 2. The number of hydrogen-bond acceptors (Lipinski definition) is 9. The Morgan fingerprint density at radius 3 is 1.29 bits per heavy atom. The summed E-state index contributed by atoms with van der Waals surface area (Å²) in [6.45, 7) is 62.9. The molecule has 0 atom stereocenters. The van der Waals surface area contributed by atoms with E-state index in [1.54, 1.807) is 31.0 Å². The lowest BCUT2D eigenvalue weighted by molar-refractivity contribution is 0.0878. The Labute approximate surface area is 717 Å². The van der Waals surface area contributed by atoms with E-state index in [9.17, 15) is 19.5 Å². The van der Waals surface area contributed by atoms with Crippen molar-refractivity contribution >= 4 is 80.6 Å². The van der Waals surface area contributed by atoms with Crippen molar-refractivity contribution in [2.24, 2.45) is 0 Å². The normalized spacial score (nSPS) is 11.9. The lowest BCUT2D eigenvalue weighted by Gasteiger charge is -2.23. The second-order valence-electron chi connectivity index (χ2n) is 38.2. The number of carbonyl (C=O) groups excluding carboxylic acids is 3. The zero-order chi connectivity index (χ0) is 88.6. The largest absolute Gasteiger partial charge is 0.507 e. The quantitative estimate of drug-likeness (QED) is 0.0949. The Morgan fingerprint density at radius 2 is 0.862 bits per heavy atom. The molecule has 1 aliphatic heterocycles. The number of thioether (sulfide) groups is 1. The fraction of sp³-hybridized carbons (Fsp3) is 0.408. The highest BCUT2D eigenvalue weighted by Gasteiger charge is 2.30. The highest BCUT2D eigenvalue weighted by molar-refractivity contribution is 7.98. The summed E-state index contributed by atoms with van der Waals surface area (Å²) in [6, 6.07) is 67.9. The van der Waals surface area contributed by atoms with Crippen LogP contribution < -0.4 is 15.0 Å². The SMILES string of the molecule is CC(C)(C)c1cc2ccccc2c(C(=O)Cc2ccccc2)c1O.CC(C)(C)c1ccc2c(c1)C(=O)NC2=O.CN(C)c1ccc(C(C)(C)C)cc1.COc1cc(Cl)c(C)cc1C(C)(C)C.CSc1ccc(C(C)(C)C)cc1.Cc1cc(C)cc(C(C)(C)C)c1.Cc1ccc(C(C)(C)C)cc1.Cc1ccc(Cl)cc1C(C)(C)C.O=S=O. The molecular weight excluding hydrogens is 1510 g/mol. The number of methoxy groups -OCH3 is 1. The van der Waals surface area contributed by atoms with Crippen molar-refractivity contribution in [2.45, 2.75) is 255 Å². The van der Waals surface area contributed by atoms with Gasteiger partial charge in [0, 0.05) is 46.7 Å². The van der Waals surface area contributed by atoms with E-state index in [-0.39, 0.29) is 73.1 Å². The van der Waals surface area contributed by atoms with Gasteiger partial charge < -0.3 is 14.7 Å². The molecule has 0 saturated carbocycles. The van der Waals surface area contributed by atoms with E-state index in [4.69, 9.17) is 36.4 Å². The Hall–Kier alpha value is -8.58. The van der Waals surface area contributed by atoms with Crippen molar-refractivity contribution in [3.05, 3.63) is 305 Å². The number of anilines is 1. The molecule has 0 unspecified atom stereocenters. The smallest absolute Gasteiger partial charge is 0.335 e. The number of nitrogens with zero attached hydrogens (tertiary/aromatic N) is 1. The molecule has 0 bridgehead atoms. The molecule has 0 fully saturated rings. The number of phenols is 1. The van der Waals surface area contributed by atoms with E-state index in [0.29, 0.717) is 16.7 Å². The molecule has 2 amide bonds. The number of phenolic OH excluding ortho intramolecular Hbond substituents is 1. The number of aryl methyl sites for hydroxylation is 5. The van der Waals surface area contributed by atoms with Crippen LogP contribution in [0.2, 0.25) is 10.0 Å². The number of ether oxygens (including phenoxy) is 1. The van der Waals surface area contributed by atoms with Crippen molar-refractivity contribution in [3.63, 3.8) is 0 Å². The van der Waals surface area contributed by atoms with Crippen LogP contribution in [0.25, 0.3) is 10.8 Å². The van der Waals surface area contributed by atoms with Gasteiger partial charge in [0.2, 0.25) is 0 Å². The maximum atomic E-state index is 13.0. The third kappa shape index (κ3) is 33.1. The van der Waals surface area contributed by atoms with Gasteiger partial charge in [-0.15, -0.1) is 11.8 Å². The molecule has 0 saturated heterocycles. The van der Waals surface area contributed by atoms with Gasteiger partial charge in [0.1, 0.15) is 11.5 Å². The van der Waals surface area contributed by atoms with Gasteiger partial charge in [-0.05, 0) is 211 Å². The van der Waals surface area contributed by atoms with Crippen molar-refractivity contribution < 1.29 is 32.6 Å². The van der Waals surface area contributed by atoms with E-state index in [1.165, 1.54) is 66.2 Å². The fourth-order valence-electron chi connectivity index (χ4n) is 12.3. The summed E-state index contributed by atoms with van der Waals surface area (Å²) >= 11 is 13.0. The van der Waals surface area contributed by atoms with Gasteiger partial charge in [-0.3, -0.25) is 19.7 Å². The van der Waals surface area contributed by atoms with E-state index >= 15 is 0 Å². The Kier molecular flexibility index (Phi) is 38.3. The summed E-state index contributed by atoms with van der Waals surface area (Å²) < 4.78 is 21.9. The zero-order valence-corrected chi connectivity index (χ0v) is 79.3. The lowest BCUT2D eigenvalue weighted by atomic mass is 9.82. The molecule has 9 nitrogen and oxygen atoms in total. The third-order valence-electron chi connectivity index (χ3n) is 19.4. The average Bonchev–Trinajstić information content (AvgIpc) is 0.786. The minimum atomic E-state index is -0.750. The van der Waals surface area contributed by atoms with Crippen LogP contribution >= 0.6 is 35.0 Å². The van der Waals surface area contributed by atoms with Gasteiger partial charge in [0.05, 0.1) is 23.8 Å². The summed E-state index contributed by atoms with van der Waals surface area (Å²) in [6.07, 6.45) is 2.39. The summed E-state index contributed by atoms with van der Waals surface area (Å²) in [7, 11) is 5.80. The van der Waals surface area contributed by atoms with Gasteiger partial charge in [-0.1, -0.05) is 346 Å². The molecule has 1 aliphatic rings. The molecule has 0 aromatic heterocycles. The highest BCUT2D eigenvalue weighted by Crippen LogP contribution is 2.40. The van der Waals surface area contributed by atoms with Crippen molar-refractivity contribution in [2.75, 3.05) is 32.4 Å². The number of rotatable bonds is 6. The van der Waals surface area contributed by atoms with Crippen molar-refractivity contribution in [1.29, 1.82) is 0 Å². The van der Waals surface area contributed by atoms with Crippen LogP contribution in [0.15, 0.2) is 205 Å². The maximum absolute atomic E-state index is 13.0. The van der Waals surface area contributed by atoms with Crippen LogP contribution in [-0.2, 0) is 61.3 Å². The van der Waals surface area contributed by atoms with E-state index < -0.39 is 11.6 Å². The molecule has 1 heterocycles. The molecule has 116 heavy (non-hydrogen) atoms. The average molecular weight is 1650 g/mol. The van der Waals surface area contributed by atoms with Gasteiger partial charge in [0.15, 0.2) is 5.78 Å². The number of imide groups is 1. The summed E-state index contributed by atoms with van der Waals surface area (Å²) in [4.78, 5) is 39.1. The molecule has 10 aromatic carbocycles. The third-order valence-corrected chi connectivity index (χ3v) is 20.8. The molecule has 11 rings (SSSR count). The molecule has 2 N–H and O–H groups in total. The predicted molar refractivity (Wildman–Crippen MR) is 502 cm³/mol. The molecule has 0 radical (unpaired) electrons. The first-order valence-electron chi connectivity index (χ1n) is 39.7. The molecular formula is C103H136Cl2N2O7S2. The number of carbonyl (C=O) groups is 3. The number of hydrogen-bond donors (Lipinski definition) is 2. The van der Waals surface area contributed by atoms with E-state index in [1.807, 2.05) is 107 Å². The standard InChI is InChI=1S/C22H22O2.C12H17ClO.C12H13NO2.C12H19N.C12H18.C11H15Cl.C11H16S.C11H16.O2S/c1-22(2,3)18-14-16-11-7-8-12-17(16)20(21(18)24)19(23)13-15-9-5-4-6-10-15;1-8-6-9(12(2,3)4)11(14-5)7-10(8)13;1-12(2,3)7-4-5-8-9(6-7)11(15)13-10(8)14;1-12(2,3)10-6-8-11(9-7-10)13(4)5;1-9-6-10(2)8-11(7-9)12(3,4)5;1-8-5-6-9(12)7-10(8)11(2,3)4;1-11(2,3)9-5-7-10(12-4)8-6-9;1-9-5-7-10(8-6-9)11(2,3)4;1-3-2/h4-12,14,24H,13H2,1-3H3;6-7H,1-5H3;4-6H,1-3H3,(H,13,14,15);6-9H,1-5H3;6-8H,1-5H3;5-7H,1-4H3;5-8H,1-4H3;5-8H,1-4H3;. The van der Waals surface area contributed by atoms with Gasteiger partial charge in [-0.25, -0.2) is 0 Å². The molecule has 0 spiro atoms. The first-order chi connectivity index (χ1) is 53.3. The molecule has 10 aromatic rings. The number of Topliss-reactive ketones (excluding diaryl/α,β-unsaturated/α-hetero) is 1. The monoisotopic (exact) mass is 1650 g/mol. The summed E-state index contributed by atoms with van der Waals surface area (Å²) in [5, 5.41) is 16.5. The zero-order valence-electron chi connectivity index (χ0n) is 76.2. The minimum absolute atomic E-state index is 0.0129. The Bertz CT molecular complexity index is 4850. The van der Waals surface area contributed by atoms with E-state index in [0.717, 1.165) is 48.8 Å². The Balaban J connectivity index is 0.000000346. The number of nitrogens with one attached hydrogen (secondary N) is 1. The maximum Gasteiger partial charge on any atom is 0.335 e. The van der Waals surface area contributed by atoms with Crippen LogP contribution in [0.4, 0.5) is 5.69 Å². The van der Waals surface area contributed by atoms with Crippen LogP contribution in [0.1, 0.15) is 275 Å². The van der Waals surface area contributed by atoms with Gasteiger partial charge in [0.25, 0.3) is 11.8 Å². The van der Waals surface area contributed by atoms with Crippen LogP contribution in [-0.4, -0.2) is 58.6 Å². The first-order valence-corrected chi connectivity index (χ1v) is 42.4. The second-order valence-corrected chi connectivity index (χ2v) is 40.1. The van der Waals surface area contributed by atoms with Crippen molar-refractivity contribution in [3.8, 4) is 11.5 Å². The fourth-order valence-corrected chi connectivity index (χ4v) is 13.1. The summed E-state index contributed by atoms with van der Waals surface area (Å²) in [5.41, 5.74) is 21.2. The number of aromatic hydroxyl groups is 1. The van der Waals surface area contributed by atoms with Gasteiger partial charge in [-0.2, -0.15) is 8.42 Å². The van der Waals surface area contributed by atoms with Crippen LogP contribution in [0.3, 0.4) is 0 Å². The highest BCUT2D eigenvalue weighted by atomic mass is 35.5. The minimum Gasteiger partial charge on any atom is -0.507 e. The number of fused-ring (bicyclic) bond motifs is 2. The van der Waals surface area contributed by atoms with E-state index in [2.05, 4.69) is 313 Å². The first kappa shape index (κ1) is 102.